The van der Waals surface area contributed by atoms with Gasteiger partial charge in [-0.25, -0.2) is 4.68 Å². The van der Waals surface area contributed by atoms with E-state index >= 15 is 0 Å². The Hall–Kier alpha value is -2.22. The third-order valence-corrected chi connectivity index (χ3v) is 5.21. The number of carbonyl (C=O) groups excluding carboxylic acids is 2. The fourth-order valence-electron chi connectivity index (χ4n) is 2.86. The van der Waals surface area contributed by atoms with E-state index in [1.165, 1.54) is 24.6 Å². The molecule has 0 bridgehead atoms. The number of aromatic nitrogens is 4. The summed E-state index contributed by atoms with van der Waals surface area (Å²) in [6.07, 6.45) is 5.02. The molecule has 1 aliphatic carbocycles. The molecule has 1 heterocycles. The zero-order chi connectivity index (χ0) is 17.6. The van der Waals surface area contributed by atoms with Gasteiger partial charge in [0.15, 0.2) is 5.78 Å². The molecule has 1 N–H and O–H groups in total. The first-order valence-corrected chi connectivity index (χ1v) is 9.49. The van der Waals surface area contributed by atoms with Crippen molar-refractivity contribution >= 4 is 29.1 Å². The van der Waals surface area contributed by atoms with Crippen molar-refractivity contribution in [1.29, 1.82) is 0 Å². The highest BCUT2D eigenvalue weighted by atomic mass is 32.2. The summed E-state index contributed by atoms with van der Waals surface area (Å²) in [4.78, 5) is 23.7. The zero-order valence-electron chi connectivity index (χ0n) is 14.1. The molecular formula is C17H21N5O2S. The van der Waals surface area contributed by atoms with Crippen molar-refractivity contribution in [3.8, 4) is 0 Å². The third kappa shape index (κ3) is 4.45. The largest absolute Gasteiger partial charge is 0.326 e. The van der Waals surface area contributed by atoms with Crippen LogP contribution in [0.4, 0.5) is 5.69 Å². The molecule has 7 nitrogen and oxygen atoms in total. The Morgan fingerprint density at radius 1 is 1.24 bits per heavy atom. The van der Waals surface area contributed by atoms with E-state index in [0.29, 0.717) is 28.9 Å². The van der Waals surface area contributed by atoms with Crippen LogP contribution in [0.1, 0.15) is 55.4 Å². The summed E-state index contributed by atoms with van der Waals surface area (Å²) in [6.45, 7) is 1.80. The molecule has 0 radical (unpaired) electrons. The number of hydrogen-bond donors (Lipinski definition) is 1. The van der Waals surface area contributed by atoms with Crippen molar-refractivity contribution in [2.24, 2.45) is 0 Å². The Bertz CT molecular complexity index is 738. The van der Waals surface area contributed by atoms with Crippen molar-refractivity contribution in [1.82, 2.24) is 20.2 Å². The zero-order valence-corrected chi connectivity index (χ0v) is 15.0. The molecular weight excluding hydrogens is 338 g/mol. The molecule has 1 aliphatic rings. The van der Waals surface area contributed by atoms with E-state index in [1.807, 2.05) is 4.68 Å². The van der Waals surface area contributed by atoms with Gasteiger partial charge in [0.25, 0.3) is 0 Å². The lowest BCUT2D eigenvalue weighted by molar-refractivity contribution is -0.115. The van der Waals surface area contributed by atoms with E-state index in [9.17, 15) is 9.59 Å². The molecule has 132 valence electrons. The van der Waals surface area contributed by atoms with Crippen LogP contribution < -0.4 is 5.32 Å². The summed E-state index contributed by atoms with van der Waals surface area (Å²) in [7, 11) is 0. The van der Waals surface area contributed by atoms with Crippen molar-refractivity contribution in [3.63, 3.8) is 0 Å². The van der Waals surface area contributed by atoms with Gasteiger partial charge in [0.1, 0.15) is 0 Å². The number of nitrogens with zero attached hydrogens (tertiary/aromatic N) is 4. The number of anilines is 1. The summed E-state index contributed by atoms with van der Waals surface area (Å²) in [5, 5.41) is 15.3. The van der Waals surface area contributed by atoms with E-state index in [1.54, 1.807) is 31.2 Å². The average molecular weight is 359 g/mol. The van der Waals surface area contributed by atoms with E-state index in [0.717, 1.165) is 12.8 Å². The maximum absolute atomic E-state index is 12.4. The second-order valence-corrected chi connectivity index (χ2v) is 6.98. The number of amides is 1. The highest BCUT2D eigenvalue weighted by Crippen LogP contribution is 2.31. The fraction of sp³-hybridized carbons (Fsp3) is 0.471. The van der Waals surface area contributed by atoms with Crippen molar-refractivity contribution in [3.05, 3.63) is 29.8 Å². The first kappa shape index (κ1) is 17.6. The second-order valence-electron chi connectivity index (χ2n) is 6.04. The second kappa shape index (κ2) is 8.24. The Kier molecular flexibility index (Phi) is 5.80. The number of tetrazole rings is 1. The van der Waals surface area contributed by atoms with Crippen LogP contribution in [-0.4, -0.2) is 37.7 Å². The minimum atomic E-state index is -0.0478. The number of hydrogen-bond acceptors (Lipinski definition) is 6. The fourth-order valence-corrected chi connectivity index (χ4v) is 3.70. The van der Waals surface area contributed by atoms with Crippen molar-refractivity contribution in [2.75, 3.05) is 11.1 Å². The quantitative estimate of drug-likeness (QED) is 0.603. The predicted molar refractivity (Wildman–Crippen MR) is 95.7 cm³/mol. The molecule has 0 spiro atoms. The van der Waals surface area contributed by atoms with Gasteiger partial charge in [0, 0.05) is 17.7 Å². The van der Waals surface area contributed by atoms with Crippen LogP contribution in [0.3, 0.4) is 0 Å². The molecule has 25 heavy (non-hydrogen) atoms. The lowest BCUT2D eigenvalue weighted by Crippen LogP contribution is -2.11. The molecule has 1 saturated carbocycles. The van der Waals surface area contributed by atoms with Gasteiger partial charge < -0.3 is 5.32 Å². The molecule has 1 amide bonds. The number of nitrogens with one attached hydrogen (secondary N) is 1. The maximum atomic E-state index is 12.4. The molecule has 1 fully saturated rings. The van der Waals surface area contributed by atoms with Crippen molar-refractivity contribution < 1.29 is 9.59 Å². The van der Waals surface area contributed by atoms with Gasteiger partial charge in [-0.3, -0.25) is 9.59 Å². The molecule has 1 aromatic carbocycles. The lowest BCUT2D eigenvalue weighted by atomic mass is 10.1. The van der Waals surface area contributed by atoms with Gasteiger partial charge >= 0.3 is 0 Å². The molecule has 8 heteroatoms. The normalized spacial score (nSPS) is 14.6. The van der Waals surface area contributed by atoms with E-state index < -0.39 is 0 Å². The molecule has 3 rings (SSSR count). The van der Waals surface area contributed by atoms with E-state index in [-0.39, 0.29) is 17.4 Å². The monoisotopic (exact) mass is 359 g/mol. The topological polar surface area (TPSA) is 89.8 Å². The predicted octanol–water partition coefficient (Wildman–Crippen LogP) is 3.11. The van der Waals surface area contributed by atoms with Crippen LogP contribution in [-0.2, 0) is 4.79 Å². The Morgan fingerprint density at radius 2 is 1.96 bits per heavy atom. The van der Waals surface area contributed by atoms with Gasteiger partial charge in [-0.1, -0.05) is 31.5 Å². The van der Waals surface area contributed by atoms with Crippen LogP contribution in [0.25, 0.3) is 0 Å². The molecule has 0 saturated heterocycles. The van der Waals surface area contributed by atoms with Gasteiger partial charge in [0.05, 0.1) is 11.8 Å². The van der Waals surface area contributed by atoms with Crippen LogP contribution in [0.5, 0.6) is 0 Å². The van der Waals surface area contributed by atoms with Crippen LogP contribution in [0.2, 0.25) is 0 Å². The lowest BCUT2D eigenvalue weighted by Gasteiger charge is -2.10. The van der Waals surface area contributed by atoms with E-state index in [2.05, 4.69) is 20.8 Å². The standard InChI is InChI=1S/C17H21N5O2S/c1-2-16(24)18-13-9-7-12(8-10-13)15(23)11-25-17-19-20-21-22(17)14-5-3-4-6-14/h7-10,14H,2-6,11H2,1H3,(H,18,24). The number of thioether (sulfide) groups is 1. The van der Waals surface area contributed by atoms with Gasteiger partial charge in [-0.05, 0) is 47.5 Å². The molecule has 0 aliphatic heterocycles. The maximum Gasteiger partial charge on any atom is 0.224 e. The highest BCUT2D eigenvalue weighted by molar-refractivity contribution is 7.99. The Labute approximate surface area is 150 Å². The smallest absolute Gasteiger partial charge is 0.224 e. The molecule has 2 aromatic rings. The van der Waals surface area contributed by atoms with Gasteiger partial charge in [-0.15, -0.1) is 5.10 Å². The minimum absolute atomic E-state index is 0.0133. The summed E-state index contributed by atoms with van der Waals surface area (Å²) in [5.74, 6) is 0.251. The molecule has 1 aromatic heterocycles. The number of benzene rings is 1. The summed E-state index contributed by atoms with van der Waals surface area (Å²) in [5.41, 5.74) is 1.31. The van der Waals surface area contributed by atoms with Crippen LogP contribution >= 0.6 is 11.8 Å². The number of carbonyl (C=O) groups is 2. The first-order valence-electron chi connectivity index (χ1n) is 8.51. The number of Topliss-reactive ketones (excluding diaryl/α,β-unsaturated/α-hetero) is 1. The average Bonchev–Trinajstić information content (AvgIpc) is 3.31. The molecule has 0 atom stereocenters. The summed E-state index contributed by atoms with van der Waals surface area (Å²) < 4.78 is 1.86. The Morgan fingerprint density at radius 3 is 2.64 bits per heavy atom. The molecule has 0 unspecified atom stereocenters. The van der Waals surface area contributed by atoms with E-state index in [4.69, 9.17) is 0 Å². The van der Waals surface area contributed by atoms with Crippen molar-refractivity contribution in [2.45, 2.75) is 50.2 Å². The first-order chi connectivity index (χ1) is 12.2. The van der Waals surface area contributed by atoms with Gasteiger partial charge in [0.2, 0.25) is 11.1 Å². The highest BCUT2D eigenvalue weighted by Gasteiger charge is 2.22. The minimum Gasteiger partial charge on any atom is -0.326 e. The van der Waals surface area contributed by atoms with Gasteiger partial charge in [-0.2, -0.15) is 0 Å². The summed E-state index contributed by atoms with van der Waals surface area (Å²) >= 11 is 1.37. The summed E-state index contributed by atoms with van der Waals surface area (Å²) in [6, 6.07) is 7.30. The van der Waals surface area contributed by atoms with Crippen LogP contribution in [0.15, 0.2) is 29.4 Å². The number of rotatable bonds is 7. The Balaban J connectivity index is 1.58. The number of ketones is 1. The third-order valence-electron chi connectivity index (χ3n) is 4.28. The SMILES string of the molecule is CCC(=O)Nc1ccc(C(=O)CSc2nnnn2C2CCCC2)cc1. The van der Waals surface area contributed by atoms with Crippen LogP contribution in [0, 0.1) is 0 Å².